The number of hydrogen-bond acceptors (Lipinski definition) is 13. The van der Waals surface area contributed by atoms with Gasteiger partial charge in [-0.25, -0.2) is 14.6 Å². The van der Waals surface area contributed by atoms with Gasteiger partial charge in [-0.3, -0.25) is 9.58 Å². The van der Waals surface area contributed by atoms with Crippen molar-refractivity contribution in [3.8, 4) is 28.8 Å². The van der Waals surface area contributed by atoms with Gasteiger partial charge in [0.15, 0.2) is 0 Å². The van der Waals surface area contributed by atoms with Gasteiger partial charge < -0.3 is 24.3 Å². The Kier molecular flexibility index (Phi) is 10.0. The van der Waals surface area contributed by atoms with Crippen molar-refractivity contribution in [2.75, 3.05) is 38.4 Å². The molecule has 4 aromatic rings. The van der Waals surface area contributed by atoms with E-state index in [0.29, 0.717) is 66.4 Å². The number of aromatic nitrogens is 8. The fraction of sp³-hybridized carbons (Fsp3) is 0.583. The Labute approximate surface area is 297 Å². The zero-order chi connectivity index (χ0) is 34.6. The van der Waals surface area contributed by atoms with Crippen molar-refractivity contribution in [3.05, 3.63) is 48.7 Å². The summed E-state index contributed by atoms with van der Waals surface area (Å²) in [5.74, 6) is 1.94. The Balaban J connectivity index is 0.956. The Morgan fingerprint density at radius 2 is 1.69 bits per heavy atom. The number of anilines is 2. The van der Waals surface area contributed by atoms with Crippen LogP contribution in [0.15, 0.2) is 43.1 Å². The fourth-order valence-electron chi connectivity index (χ4n) is 8.08. The van der Waals surface area contributed by atoms with Gasteiger partial charge in [-0.1, -0.05) is 6.07 Å². The summed E-state index contributed by atoms with van der Waals surface area (Å²) in [6.45, 7) is 6.25. The number of benzene rings is 1. The molecule has 0 amide bonds. The Morgan fingerprint density at radius 1 is 0.941 bits per heavy atom. The van der Waals surface area contributed by atoms with Crippen molar-refractivity contribution in [2.24, 2.45) is 5.92 Å². The minimum atomic E-state index is -0.266. The number of nitriles is 1. The van der Waals surface area contributed by atoms with Gasteiger partial charge in [0.25, 0.3) is 5.88 Å². The van der Waals surface area contributed by atoms with Crippen LogP contribution in [0.1, 0.15) is 69.9 Å². The lowest BCUT2D eigenvalue weighted by molar-refractivity contribution is -0.0458. The molecule has 4 aliphatic rings. The Bertz CT molecular complexity index is 1760. The summed E-state index contributed by atoms with van der Waals surface area (Å²) in [4.78, 5) is 12.1. The molecule has 6 heterocycles. The quantitative estimate of drug-likeness (QED) is 0.220. The smallest absolute Gasteiger partial charge is 0.256 e. The van der Waals surface area contributed by atoms with E-state index in [4.69, 9.17) is 24.0 Å². The number of ether oxygens (including phenoxy) is 4. The molecule has 15 heteroatoms. The topological polar surface area (TPSA) is 163 Å². The van der Waals surface area contributed by atoms with Crippen LogP contribution in [-0.2, 0) is 16.0 Å². The Morgan fingerprint density at radius 3 is 2.41 bits per heavy atom. The van der Waals surface area contributed by atoms with Gasteiger partial charge in [-0.15, -0.1) is 10.2 Å². The molecule has 1 unspecified atom stereocenters. The summed E-state index contributed by atoms with van der Waals surface area (Å²) in [7, 11) is 0. The fourth-order valence-corrected chi connectivity index (χ4v) is 8.08. The number of tetrazole rings is 1. The third-order valence-electron chi connectivity index (χ3n) is 10.8. The van der Waals surface area contributed by atoms with E-state index in [1.165, 1.54) is 32.0 Å². The summed E-state index contributed by atoms with van der Waals surface area (Å²) in [6.07, 6.45) is 15.9. The minimum absolute atomic E-state index is 0.266. The van der Waals surface area contributed by atoms with Gasteiger partial charge in [-0.2, -0.15) is 5.26 Å². The molecule has 0 spiro atoms. The van der Waals surface area contributed by atoms with E-state index in [9.17, 15) is 5.26 Å². The molecule has 3 atom stereocenters. The van der Waals surface area contributed by atoms with E-state index in [0.717, 1.165) is 68.9 Å². The molecule has 3 saturated heterocycles. The standard InChI is InChI=1S/C36H45N11O4/c1-24(18-45-23-40-43-44-45)51-34-14-26(2-3-27(34)15-37)28-16-38-36(39-17-28)41-33-19-46(42-35(33)50-20-25-10-12-48-13-11-25)29-4-6-30(7-5-29)47-31-8-9-32(47)22-49-21-31/h2-3,14,16-17,19,23-25,29-32H,4-13,18,20-22H2,1H3,(H,38,39,41)/t24?,29?,30?,31-,32+. The van der Waals surface area contributed by atoms with E-state index in [1.54, 1.807) is 23.1 Å². The number of morpholine rings is 1. The second-order valence-electron chi connectivity index (χ2n) is 14.2. The zero-order valence-electron chi connectivity index (χ0n) is 29.0. The highest BCUT2D eigenvalue weighted by molar-refractivity contribution is 5.67. The largest absolute Gasteiger partial charge is 0.487 e. The molecule has 15 nitrogen and oxygen atoms in total. The van der Waals surface area contributed by atoms with Gasteiger partial charge in [0.1, 0.15) is 29.9 Å². The average Bonchev–Trinajstić information content (AvgIpc) is 3.89. The van der Waals surface area contributed by atoms with Gasteiger partial charge in [-0.05, 0) is 92.3 Å². The molecular weight excluding hydrogens is 650 g/mol. The molecule has 51 heavy (non-hydrogen) atoms. The number of fused-ring (bicyclic) bond motifs is 2. The van der Waals surface area contributed by atoms with E-state index in [2.05, 4.69) is 52.7 Å². The Hall–Kier alpha value is -4.65. The monoisotopic (exact) mass is 695 g/mol. The van der Waals surface area contributed by atoms with Crippen molar-refractivity contribution in [3.63, 3.8) is 0 Å². The average molecular weight is 696 g/mol. The number of hydrogen-bond donors (Lipinski definition) is 1. The van der Waals surface area contributed by atoms with Gasteiger partial charge in [0, 0.05) is 49.3 Å². The summed E-state index contributed by atoms with van der Waals surface area (Å²) in [6, 6.07) is 9.79. The molecule has 3 aromatic heterocycles. The van der Waals surface area contributed by atoms with Crippen LogP contribution in [0.5, 0.6) is 11.6 Å². The molecule has 1 saturated carbocycles. The third kappa shape index (κ3) is 7.68. The molecule has 1 aromatic carbocycles. The van der Waals surface area contributed by atoms with Crippen LogP contribution < -0.4 is 14.8 Å². The van der Waals surface area contributed by atoms with Crippen LogP contribution in [0.3, 0.4) is 0 Å². The van der Waals surface area contributed by atoms with Crippen molar-refractivity contribution < 1.29 is 18.9 Å². The molecule has 1 aliphatic carbocycles. The van der Waals surface area contributed by atoms with Crippen LogP contribution in [-0.4, -0.2) is 102 Å². The molecule has 4 fully saturated rings. The van der Waals surface area contributed by atoms with Crippen LogP contribution in [0.25, 0.3) is 11.1 Å². The molecule has 0 radical (unpaired) electrons. The zero-order valence-corrected chi connectivity index (χ0v) is 29.0. The van der Waals surface area contributed by atoms with Crippen LogP contribution in [0.2, 0.25) is 0 Å². The first kappa shape index (κ1) is 33.5. The predicted molar refractivity (Wildman–Crippen MR) is 185 cm³/mol. The predicted octanol–water partition coefficient (Wildman–Crippen LogP) is 4.56. The number of nitrogens with zero attached hydrogens (tertiary/aromatic N) is 10. The van der Waals surface area contributed by atoms with Crippen molar-refractivity contribution in [1.82, 2.24) is 44.9 Å². The van der Waals surface area contributed by atoms with E-state index >= 15 is 0 Å². The molecule has 2 bridgehead atoms. The normalized spacial score (nSPS) is 24.5. The maximum atomic E-state index is 9.70. The van der Waals surface area contributed by atoms with Crippen LogP contribution >= 0.6 is 0 Å². The minimum Gasteiger partial charge on any atom is -0.487 e. The molecule has 3 aliphatic heterocycles. The molecular formula is C36H45N11O4. The first-order valence-electron chi connectivity index (χ1n) is 18.3. The van der Waals surface area contributed by atoms with Crippen molar-refractivity contribution in [1.29, 1.82) is 5.26 Å². The maximum absolute atomic E-state index is 9.70. The first-order valence-corrected chi connectivity index (χ1v) is 18.3. The van der Waals surface area contributed by atoms with Crippen molar-refractivity contribution >= 4 is 11.6 Å². The number of rotatable bonds is 12. The second kappa shape index (κ2) is 15.3. The molecule has 268 valence electrons. The second-order valence-corrected chi connectivity index (χ2v) is 14.2. The highest BCUT2D eigenvalue weighted by Gasteiger charge is 2.42. The van der Waals surface area contributed by atoms with E-state index in [1.807, 2.05) is 19.1 Å². The first-order chi connectivity index (χ1) is 25.1. The molecule has 8 rings (SSSR count). The number of nitrogens with one attached hydrogen (secondary N) is 1. The summed E-state index contributed by atoms with van der Waals surface area (Å²) >= 11 is 0. The van der Waals surface area contributed by atoms with E-state index in [-0.39, 0.29) is 6.10 Å². The molecule has 1 N–H and O–H groups in total. The van der Waals surface area contributed by atoms with Crippen molar-refractivity contribution in [2.45, 2.75) is 95.1 Å². The highest BCUT2D eigenvalue weighted by atomic mass is 16.5. The van der Waals surface area contributed by atoms with Gasteiger partial charge in [0.05, 0.1) is 44.2 Å². The maximum Gasteiger partial charge on any atom is 0.256 e. The summed E-state index contributed by atoms with van der Waals surface area (Å²) in [5, 5.41) is 29.3. The lowest BCUT2D eigenvalue weighted by Gasteiger charge is -2.43. The summed E-state index contributed by atoms with van der Waals surface area (Å²) in [5.41, 5.74) is 2.82. The van der Waals surface area contributed by atoms with Crippen LogP contribution in [0, 0.1) is 17.2 Å². The summed E-state index contributed by atoms with van der Waals surface area (Å²) < 4.78 is 27.6. The van der Waals surface area contributed by atoms with E-state index < -0.39 is 0 Å². The van der Waals surface area contributed by atoms with Gasteiger partial charge in [0.2, 0.25) is 5.95 Å². The SMILES string of the molecule is CC(Cn1cnnn1)Oc1cc(-c2cnc(Nc3cn(C4CCC(N5[C@@H]6CC[C@H]5COC6)CC4)nc3OCC3CCOCC3)nc2)ccc1C#N. The van der Waals surface area contributed by atoms with Gasteiger partial charge >= 0.3 is 0 Å². The lowest BCUT2D eigenvalue weighted by atomic mass is 9.89. The van der Waals surface area contributed by atoms with Crippen LogP contribution in [0.4, 0.5) is 11.6 Å². The third-order valence-corrected chi connectivity index (χ3v) is 10.8. The lowest BCUT2D eigenvalue weighted by Crippen LogP contribution is -2.52. The highest BCUT2D eigenvalue weighted by Crippen LogP contribution is 2.40.